The molecule has 0 spiro atoms. The van der Waals surface area contributed by atoms with E-state index >= 15 is 0 Å². The second-order valence-electron chi connectivity index (χ2n) is 5.08. The van der Waals surface area contributed by atoms with Crippen LogP contribution in [0.2, 0.25) is 0 Å². The standard InChI is InChI=1S/C16H21NO3/c1-11(13-6-7-13)17-16(18)9-5-12-4-8-14(19-2)15(10-12)20-3/h4-5,8-11,13H,6-7H2,1-3H3,(H,17,18)/b9-5+. The quantitative estimate of drug-likeness (QED) is 0.812. The maximum atomic E-state index is 11.8. The maximum Gasteiger partial charge on any atom is 0.244 e. The summed E-state index contributed by atoms with van der Waals surface area (Å²) in [7, 11) is 3.19. The zero-order chi connectivity index (χ0) is 14.5. The SMILES string of the molecule is COc1ccc(/C=C/C(=O)NC(C)C2CC2)cc1OC. The third kappa shape index (κ3) is 3.76. The molecule has 20 heavy (non-hydrogen) atoms. The Kier molecular flexibility index (Phi) is 4.66. The fraction of sp³-hybridized carbons (Fsp3) is 0.438. The van der Waals surface area contributed by atoms with Crippen molar-refractivity contribution in [3.63, 3.8) is 0 Å². The van der Waals surface area contributed by atoms with Crippen LogP contribution in [0.4, 0.5) is 0 Å². The molecule has 1 atom stereocenters. The van der Waals surface area contributed by atoms with E-state index in [9.17, 15) is 4.79 Å². The average molecular weight is 275 g/mol. The molecule has 4 nitrogen and oxygen atoms in total. The Labute approximate surface area is 119 Å². The Morgan fingerprint density at radius 3 is 2.60 bits per heavy atom. The molecule has 1 aromatic carbocycles. The number of carbonyl (C=O) groups is 1. The molecule has 0 aromatic heterocycles. The first-order valence-electron chi connectivity index (χ1n) is 6.84. The number of benzene rings is 1. The predicted molar refractivity (Wildman–Crippen MR) is 78.9 cm³/mol. The van der Waals surface area contributed by atoms with Gasteiger partial charge in [0.05, 0.1) is 14.2 Å². The molecular formula is C16H21NO3. The van der Waals surface area contributed by atoms with E-state index in [0.717, 1.165) is 5.56 Å². The fourth-order valence-corrected chi connectivity index (χ4v) is 2.11. The Hall–Kier alpha value is -1.97. The summed E-state index contributed by atoms with van der Waals surface area (Å²) in [5.74, 6) is 1.94. The fourth-order valence-electron chi connectivity index (χ4n) is 2.11. The van der Waals surface area contributed by atoms with Crippen molar-refractivity contribution in [2.75, 3.05) is 14.2 Å². The molecule has 1 unspecified atom stereocenters. The largest absolute Gasteiger partial charge is 0.493 e. The van der Waals surface area contributed by atoms with Crippen LogP contribution in [0.3, 0.4) is 0 Å². The first-order valence-corrected chi connectivity index (χ1v) is 6.84. The number of hydrogen-bond donors (Lipinski definition) is 1. The minimum Gasteiger partial charge on any atom is -0.493 e. The molecule has 1 aliphatic rings. The minimum absolute atomic E-state index is 0.0563. The van der Waals surface area contributed by atoms with E-state index in [1.54, 1.807) is 26.4 Å². The number of hydrogen-bond acceptors (Lipinski definition) is 3. The highest BCUT2D eigenvalue weighted by Gasteiger charge is 2.28. The lowest BCUT2D eigenvalue weighted by Gasteiger charge is -2.10. The topological polar surface area (TPSA) is 47.6 Å². The van der Waals surface area contributed by atoms with Crippen LogP contribution in [0.5, 0.6) is 11.5 Å². The molecule has 0 saturated heterocycles. The molecule has 4 heteroatoms. The zero-order valence-electron chi connectivity index (χ0n) is 12.2. The van der Waals surface area contributed by atoms with E-state index in [2.05, 4.69) is 12.2 Å². The first kappa shape index (κ1) is 14.4. The summed E-state index contributed by atoms with van der Waals surface area (Å²) < 4.78 is 10.4. The minimum atomic E-state index is -0.0563. The van der Waals surface area contributed by atoms with Gasteiger partial charge in [-0.1, -0.05) is 6.07 Å². The van der Waals surface area contributed by atoms with Gasteiger partial charge in [-0.05, 0) is 49.5 Å². The van der Waals surface area contributed by atoms with Crippen molar-refractivity contribution in [2.24, 2.45) is 5.92 Å². The number of amides is 1. The summed E-state index contributed by atoms with van der Waals surface area (Å²) in [4.78, 5) is 11.8. The van der Waals surface area contributed by atoms with Crippen molar-refractivity contribution in [1.82, 2.24) is 5.32 Å². The van der Waals surface area contributed by atoms with Gasteiger partial charge in [0, 0.05) is 12.1 Å². The molecule has 0 bridgehead atoms. The number of rotatable bonds is 6. The number of carbonyl (C=O) groups excluding carboxylic acids is 1. The molecule has 1 aliphatic carbocycles. The van der Waals surface area contributed by atoms with E-state index in [1.165, 1.54) is 12.8 Å². The first-order chi connectivity index (χ1) is 9.63. The molecule has 0 heterocycles. The van der Waals surface area contributed by atoms with Crippen LogP contribution < -0.4 is 14.8 Å². The molecular weight excluding hydrogens is 254 g/mol. The molecule has 0 aliphatic heterocycles. The van der Waals surface area contributed by atoms with Crippen LogP contribution >= 0.6 is 0 Å². The lowest BCUT2D eigenvalue weighted by Crippen LogP contribution is -2.32. The molecule has 1 aromatic rings. The molecule has 1 saturated carbocycles. The van der Waals surface area contributed by atoms with Crippen molar-refractivity contribution in [1.29, 1.82) is 0 Å². The second-order valence-corrected chi connectivity index (χ2v) is 5.08. The van der Waals surface area contributed by atoms with Crippen LogP contribution in [0.15, 0.2) is 24.3 Å². The molecule has 1 N–H and O–H groups in total. The summed E-state index contributed by atoms with van der Waals surface area (Å²) in [5, 5.41) is 2.98. The van der Waals surface area contributed by atoms with Gasteiger partial charge in [-0.25, -0.2) is 0 Å². The smallest absolute Gasteiger partial charge is 0.244 e. The summed E-state index contributed by atoms with van der Waals surface area (Å²) >= 11 is 0. The normalized spacial score (nSPS) is 15.9. The van der Waals surface area contributed by atoms with Gasteiger partial charge < -0.3 is 14.8 Å². The monoisotopic (exact) mass is 275 g/mol. The van der Waals surface area contributed by atoms with E-state index < -0.39 is 0 Å². The van der Waals surface area contributed by atoms with Crippen LogP contribution in [0.1, 0.15) is 25.3 Å². The van der Waals surface area contributed by atoms with Gasteiger partial charge in [0.1, 0.15) is 0 Å². The van der Waals surface area contributed by atoms with E-state index in [-0.39, 0.29) is 11.9 Å². The summed E-state index contributed by atoms with van der Waals surface area (Å²) in [6.07, 6.45) is 5.78. The summed E-state index contributed by atoms with van der Waals surface area (Å²) in [6.45, 7) is 2.06. The van der Waals surface area contributed by atoms with E-state index in [0.29, 0.717) is 17.4 Å². The third-order valence-electron chi connectivity index (χ3n) is 3.53. The van der Waals surface area contributed by atoms with Gasteiger partial charge >= 0.3 is 0 Å². The number of methoxy groups -OCH3 is 2. The van der Waals surface area contributed by atoms with Gasteiger partial charge in [0.2, 0.25) is 5.91 Å². The lowest BCUT2D eigenvalue weighted by atomic mass is 10.1. The van der Waals surface area contributed by atoms with Crippen molar-refractivity contribution >= 4 is 12.0 Å². The van der Waals surface area contributed by atoms with Crippen LogP contribution in [-0.2, 0) is 4.79 Å². The number of nitrogens with one attached hydrogen (secondary N) is 1. The van der Waals surface area contributed by atoms with E-state index in [1.807, 2.05) is 18.2 Å². The van der Waals surface area contributed by atoms with Crippen molar-refractivity contribution in [3.8, 4) is 11.5 Å². The summed E-state index contributed by atoms with van der Waals surface area (Å²) in [6, 6.07) is 5.81. The van der Waals surface area contributed by atoms with Gasteiger partial charge in [-0.15, -0.1) is 0 Å². The van der Waals surface area contributed by atoms with Crippen molar-refractivity contribution in [2.45, 2.75) is 25.8 Å². The van der Waals surface area contributed by atoms with Crippen LogP contribution in [-0.4, -0.2) is 26.2 Å². The Morgan fingerprint density at radius 1 is 1.30 bits per heavy atom. The Bertz CT molecular complexity index is 506. The zero-order valence-corrected chi connectivity index (χ0v) is 12.2. The van der Waals surface area contributed by atoms with Gasteiger partial charge in [0.25, 0.3) is 0 Å². The van der Waals surface area contributed by atoms with Crippen LogP contribution in [0, 0.1) is 5.92 Å². The Balaban J connectivity index is 1.97. The highest BCUT2D eigenvalue weighted by molar-refractivity contribution is 5.92. The summed E-state index contributed by atoms with van der Waals surface area (Å²) in [5.41, 5.74) is 0.900. The third-order valence-corrected chi connectivity index (χ3v) is 3.53. The Morgan fingerprint density at radius 2 is 2.00 bits per heavy atom. The molecule has 2 rings (SSSR count). The molecule has 1 fully saturated rings. The second kappa shape index (κ2) is 6.46. The highest BCUT2D eigenvalue weighted by atomic mass is 16.5. The predicted octanol–water partition coefficient (Wildman–Crippen LogP) is 2.63. The van der Waals surface area contributed by atoms with Gasteiger partial charge in [-0.2, -0.15) is 0 Å². The lowest BCUT2D eigenvalue weighted by molar-refractivity contribution is -0.117. The van der Waals surface area contributed by atoms with Gasteiger partial charge in [0.15, 0.2) is 11.5 Å². The maximum absolute atomic E-state index is 11.8. The molecule has 0 radical (unpaired) electrons. The van der Waals surface area contributed by atoms with E-state index in [4.69, 9.17) is 9.47 Å². The van der Waals surface area contributed by atoms with Crippen molar-refractivity contribution in [3.05, 3.63) is 29.8 Å². The highest BCUT2D eigenvalue weighted by Crippen LogP contribution is 2.32. The van der Waals surface area contributed by atoms with Crippen LogP contribution in [0.25, 0.3) is 6.08 Å². The molecule has 108 valence electrons. The average Bonchev–Trinajstić information content (AvgIpc) is 3.29. The molecule has 1 amide bonds. The number of ether oxygens (including phenoxy) is 2. The van der Waals surface area contributed by atoms with Crippen molar-refractivity contribution < 1.29 is 14.3 Å². The van der Waals surface area contributed by atoms with Gasteiger partial charge in [-0.3, -0.25) is 4.79 Å².